The summed E-state index contributed by atoms with van der Waals surface area (Å²) in [6.07, 6.45) is 1.48. The van der Waals surface area contributed by atoms with Gasteiger partial charge in [0.1, 0.15) is 17.3 Å². The molecule has 1 amide bonds. The van der Waals surface area contributed by atoms with E-state index in [9.17, 15) is 9.59 Å². The lowest BCUT2D eigenvalue weighted by Gasteiger charge is -2.30. The predicted octanol–water partition coefficient (Wildman–Crippen LogP) is 3.16. The lowest BCUT2D eigenvalue weighted by atomic mass is 10.0. The van der Waals surface area contributed by atoms with Gasteiger partial charge in [0.25, 0.3) is 0 Å². The first-order valence-corrected chi connectivity index (χ1v) is 10.7. The summed E-state index contributed by atoms with van der Waals surface area (Å²) in [5, 5.41) is 0.0623. The minimum Gasteiger partial charge on any atom is -0.497 e. The highest BCUT2D eigenvalue weighted by atomic mass is 32.2. The molecular weight excluding hydrogens is 334 g/mol. The van der Waals surface area contributed by atoms with Crippen LogP contribution < -0.4 is 4.74 Å². The summed E-state index contributed by atoms with van der Waals surface area (Å²) in [7, 11) is 1.68. The number of hydrogen-bond donors (Lipinski definition) is 0. The molecule has 5 heteroatoms. The molecule has 0 aliphatic carbocycles. The molecule has 1 aromatic rings. The highest BCUT2D eigenvalue weighted by molar-refractivity contribution is 7.98. The lowest BCUT2D eigenvalue weighted by Crippen LogP contribution is -2.48. The number of benzene rings is 1. The van der Waals surface area contributed by atoms with Crippen molar-refractivity contribution in [2.45, 2.75) is 38.9 Å². The molecule has 25 heavy (non-hydrogen) atoms. The number of hydrogen-bond acceptors (Lipinski definition) is 3. The van der Waals surface area contributed by atoms with Gasteiger partial charge in [0, 0.05) is 29.3 Å². The van der Waals surface area contributed by atoms with Crippen molar-refractivity contribution in [3.63, 3.8) is 0 Å². The molecule has 0 N–H and O–H groups in total. The molecule has 0 aromatic heterocycles. The van der Waals surface area contributed by atoms with Gasteiger partial charge in [-0.25, -0.2) is 0 Å². The third-order valence-corrected chi connectivity index (χ3v) is 7.28. The van der Waals surface area contributed by atoms with Crippen molar-refractivity contribution < 1.29 is 14.3 Å². The van der Waals surface area contributed by atoms with Crippen molar-refractivity contribution in [1.82, 2.24) is 4.90 Å². The van der Waals surface area contributed by atoms with Crippen LogP contribution in [0.4, 0.5) is 0 Å². The number of carbonyl (C=O) groups is 2. The number of methoxy groups -OCH3 is 1. The number of amides is 1. The summed E-state index contributed by atoms with van der Waals surface area (Å²) < 4.78 is 5.19. The maximum absolute atomic E-state index is 13.1. The van der Waals surface area contributed by atoms with E-state index in [1.807, 2.05) is 36.1 Å². The first-order chi connectivity index (χ1) is 12.0. The van der Waals surface area contributed by atoms with Crippen LogP contribution in [0.5, 0.6) is 5.75 Å². The average Bonchev–Trinajstić information content (AvgIpc) is 2.65. The Labute approximate surface area is 154 Å². The van der Waals surface area contributed by atoms with Gasteiger partial charge in [-0.05, 0) is 30.2 Å². The van der Waals surface area contributed by atoms with Crippen LogP contribution in [-0.2, 0) is 15.7 Å². The van der Waals surface area contributed by atoms with Crippen LogP contribution in [0.15, 0.2) is 24.3 Å². The molecule has 1 aliphatic heterocycles. The van der Waals surface area contributed by atoms with Crippen molar-refractivity contribution in [3.8, 4) is 5.75 Å². The number of ketones is 1. The maximum Gasteiger partial charge on any atom is 0.222 e. The fourth-order valence-electron chi connectivity index (χ4n) is 3.19. The van der Waals surface area contributed by atoms with Crippen molar-refractivity contribution in [2.75, 3.05) is 31.7 Å². The van der Waals surface area contributed by atoms with Gasteiger partial charge in [0.2, 0.25) is 11.7 Å². The van der Waals surface area contributed by atoms with Crippen LogP contribution in [0.25, 0.3) is 0 Å². The second-order valence-corrected chi connectivity index (χ2v) is 9.35. The Morgan fingerprint density at radius 3 is 2.24 bits per heavy atom. The van der Waals surface area contributed by atoms with Crippen LogP contribution in [0, 0.1) is 5.92 Å². The summed E-state index contributed by atoms with van der Waals surface area (Å²) in [6, 6.07) is 7.44. The summed E-state index contributed by atoms with van der Waals surface area (Å²) >= 11 is 0. The summed E-state index contributed by atoms with van der Waals surface area (Å²) in [5.74, 6) is 3.62. The molecule has 138 valence electrons. The zero-order valence-electron chi connectivity index (χ0n) is 15.8. The molecule has 0 saturated carbocycles. The Kier molecular flexibility index (Phi) is 7.36. The Hall–Kier alpha value is -1.49. The molecule has 0 spiro atoms. The van der Waals surface area contributed by atoms with Crippen molar-refractivity contribution in [2.24, 2.45) is 5.92 Å². The minimum atomic E-state index is 0.0454. The standard InChI is InChI=1S/C20H30NO3S/c1-5-19(22)21-10-12-25(13-11-21)18(14-15(2)3)20(23)16-6-8-17(24-4)9-7-16/h6-9,15,18H,5,10-14H2,1-4H3/q+1. The molecule has 2 rings (SSSR count). The molecule has 1 saturated heterocycles. The van der Waals surface area contributed by atoms with E-state index in [0.717, 1.165) is 42.3 Å². The van der Waals surface area contributed by atoms with Gasteiger partial charge in [-0.15, -0.1) is 0 Å². The summed E-state index contributed by atoms with van der Waals surface area (Å²) in [6.45, 7) is 7.84. The fourth-order valence-corrected chi connectivity index (χ4v) is 5.97. The third-order valence-electron chi connectivity index (χ3n) is 4.66. The van der Waals surface area contributed by atoms with Crippen molar-refractivity contribution in [1.29, 1.82) is 0 Å². The first kappa shape index (κ1) is 19.8. The quantitative estimate of drug-likeness (QED) is 0.551. The molecular formula is C20H30NO3S+. The number of ether oxygens (including phenoxy) is 1. The fraction of sp³-hybridized carbons (Fsp3) is 0.600. The third kappa shape index (κ3) is 5.24. The molecule has 4 nitrogen and oxygen atoms in total. The summed E-state index contributed by atoms with van der Waals surface area (Å²) in [5.41, 5.74) is 0.769. The van der Waals surface area contributed by atoms with Gasteiger partial charge in [0.05, 0.1) is 20.2 Å². The zero-order valence-corrected chi connectivity index (χ0v) is 16.6. The lowest BCUT2D eigenvalue weighted by molar-refractivity contribution is -0.130. The van der Waals surface area contributed by atoms with Crippen LogP contribution in [0.1, 0.15) is 44.0 Å². The van der Waals surface area contributed by atoms with E-state index in [4.69, 9.17) is 4.74 Å². The molecule has 1 unspecified atom stereocenters. The van der Waals surface area contributed by atoms with Gasteiger partial charge in [-0.3, -0.25) is 9.59 Å². The molecule has 0 radical (unpaired) electrons. The van der Waals surface area contributed by atoms with E-state index < -0.39 is 0 Å². The van der Waals surface area contributed by atoms with E-state index in [1.54, 1.807) is 7.11 Å². The van der Waals surface area contributed by atoms with Gasteiger partial charge in [-0.1, -0.05) is 20.8 Å². The number of nitrogens with zero attached hydrogens (tertiary/aromatic N) is 1. The van der Waals surface area contributed by atoms with Gasteiger partial charge in [0.15, 0.2) is 5.25 Å². The molecule has 1 fully saturated rings. The topological polar surface area (TPSA) is 46.6 Å². The van der Waals surface area contributed by atoms with E-state index in [1.165, 1.54) is 0 Å². The Bertz CT molecular complexity index is 577. The zero-order chi connectivity index (χ0) is 18.4. The maximum atomic E-state index is 13.1. The van der Waals surface area contributed by atoms with Crippen molar-refractivity contribution in [3.05, 3.63) is 29.8 Å². The van der Waals surface area contributed by atoms with Crippen LogP contribution in [0.2, 0.25) is 0 Å². The number of Topliss-reactive ketones (excluding diaryl/α,β-unsaturated/α-hetero) is 1. The molecule has 1 heterocycles. The van der Waals surface area contributed by atoms with Crippen LogP contribution in [0.3, 0.4) is 0 Å². The van der Waals surface area contributed by atoms with Crippen LogP contribution >= 0.6 is 0 Å². The van der Waals surface area contributed by atoms with Gasteiger partial charge in [-0.2, -0.15) is 0 Å². The molecule has 1 atom stereocenters. The van der Waals surface area contributed by atoms with Gasteiger partial charge < -0.3 is 9.64 Å². The predicted molar refractivity (Wildman–Crippen MR) is 105 cm³/mol. The molecule has 1 aliphatic rings. The SMILES string of the molecule is CCC(=O)N1CC[S+](C(CC(C)C)C(=O)c2ccc(OC)cc2)CC1. The highest BCUT2D eigenvalue weighted by Crippen LogP contribution is 2.24. The highest BCUT2D eigenvalue weighted by Gasteiger charge is 2.40. The van der Waals surface area contributed by atoms with E-state index in [2.05, 4.69) is 13.8 Å². The number of carbonyl (C=O) groups excluding carboxylic acids is 2. The van der Waals surface area contributed by atoms with Crippen molar-refractivity contribution >= 4 is 22.6 Å². The Morgan fingerprint density at radius 2 is 1.76 bits per heavy atom. The largest absolute Gasteiger partial charge is 0.497 e. The first-order valence-electron chi connectivity index (χ1n) is 9.08. The van der Waals surface area contributed by atoms with Crippen LogP contribution in [-0.4, -0.2) is 53.5 Å². The number of rotatable bonds is 7. The molecule has 1 aromatic carbocycles. The van der Waals surface area contributed by atoms with E-state index in [0.29, 0.717) is 12.3 Å². The summed E-state index contributed by atoms with van der Waals surface area (Å²) in [4.78, 5) is 27.0. The van der Waals surface area contributed by atoms with Gasteiger partial charge >= 0.3 is 0 Å². The smallest absolute Gasteiger partial charge is 0.222 e. The Morgan fingerprint density at radius 1 is 1.16 bits per heavy atom. The second-order valence-electron chi connectivity index (χ2n) is 6.89. The molecule has 0 bridgehead atoms. The second kappa shape index (κ2) is 9.27. The normalized spacial score (nSPS) is 16.8. The monoisotopic (exact) mass is 364 g/mol. The minimum absolute atomic E-state index is 0.0454. The van der Waals surface area contributed by atoms with E-state index in [-0.39, 0.29) is 27.8 Å². The van der Waals surface area contributed by atoms with E-state index >= 15 is 0 Å². The average molecular weight is 365 g/mol. The Balaban J connectivity index is 2.10.